The molecule has 1 unspecified atom stereocenters. The van der Waals surface area contributed by atoms with Gasteiger partial charge in [-0.1, -0.05) is 20.8 Å². The fourth-order valence-corrected chi connectivity index (χ4v) is 1.58. The average Bonchev–Trinajstić information content (AvgIpc) is 2.53. The van der Waals surface area contributed by atoms with Crippen molar-refractivity contribution in [1.82, 2.24) is 5.32 Å². The van der Waals surface area contributed by atoms with Crippen LogP contribution in [0.15, 0.2) is 12.2 Å². The highest BCUT2D eigenvalue weighted by atomic mass is 16.5. The van der Waals surface area contributed by atoms with Crippen LogP contribution in [0.3, 0.4) is 0 Å². The number of nitrogens with one attached hydrogen (secondary N) is 1. The molecular weight excluding hydrogens is 306 g/mol. The van der Waals surface area contributed by atoms with Crippen molar-refractivity contribution in [3.8, 4) is 0 Å². The Morgan fingerprint density at radius 1 is 1.13 bits per heavy atom. The van der Waals surface area contributed by atoms with Crippen molar-refractivity contribution in [3.05, 3.63) is 12.2 Å². The minimum absolute atomic E-state index is 0.135. The SMILES string of the molecule is CCC(=O)[C@@H](NC(=O)C(O)COC(=O)/C=C/C(=O)OC)C(C)C. The molecule has 0 saturated carbocycles. The van der Waals surface area contributed by atoms with E-state index in [0.717, 1.165) is 19.3 Å². The molecule has 0 heterocycles. The third-order valence-corrected chi connectivity index (χ3v) is 2.90. The van der Waals surface area contributed by atoms with Gasteiger partial charge in [0.1, 0.15) is 6.61 Å². The van der Waals surface area contributed by atoms with E-state index in [1.54, 1.807) is 20.8 Å². The summed E-state index contributed by atoms with van der Waals surface area (Å²) in [5.41, 5.74) is 0. The molecule has 0 aliphatic rings. The molecule has 0 saturated heterocycles. The van der Waals surface area contributed by atoms with Crippen molar-refractivity contribution in [2.24, 2.45) is 5.92 Å². The van der Waals surface area contributed by atoms with Gasteiger partial charge >= 0.3 is 11.9 Å². The summed E-state index contributed by atoms with van der Waals surface area (Å²) in [5, 5.41) is 12.1. The van der Waals surface area contributed by atoms with Crippen LogP contribution >= 0.6 is 0 Å². The van der Waals surface area contributed by atoms with Crippen molar-refractivity contribution >= 4 is 23.6 Å². The van der Waals surface area contributed by atoms with Crippen LogP contribution in [-0.2, 0) is 28.7 Å². The topological polar surface area (TPSA) is 119 Å². The molecule has 8 nitrogen and oxygen atoms in total. The zero-order chi connectivity index (χ0) is 18.0. The Bertz CT molecular complexity index is 470. The van der Waals surface area contributed by atoms with Crippen LogP contribution in [0.4, 0.5) is 0 Å². The number of carbonyl (C=O) groups excluding carboxylic acids is 4. The molecule has 2 atom stereocenters. The minimum Gasteiger partial charge on any atom is -0.466 e. The lowest BCUT2D eigenvalue weighted by Gasteiger charge is -2.22. The molecule has 0 rings (SSSR count). The molecule has 130 valence electrons. The van der Waals surface area contributed by atoms with E-state index in [4.69, 9.17) is 0 Å². The number of hydrogen-bond donors (Lipinski definition) is 2. The number of ether oxygens (including phenoxy) is 2. The van der Waals surface area contributed by atoms with Crippen molar-refractivity contribution in [2.45, 2.75) is 39.3 Å². The maximum atomic E-state index is 11.8. The molecule has 0 radical (unpaired) electrons. The monoisotopic (exact) mass is 329 g/mol. The Labute approximate surface area is 134 Å². The van der Waals surface area contributed by atoms with Gasteiger partial charge in [-0.05, 0) is 5.92 Å². The number of Topliss-reactive ketones (excluding diaryl/α,β-unsaturated/α-hetero) is 1. The zero-order valence-corrected chi connectivity index (χ0v) is 13.7. The fraction of sp³-hybridized carbons (Fsp3) is 0.600. The van der Waals surface area contributed by atoms with E-state index in [2.05, 4.69) is 14.8 Å². The third kappa shape index (κ3) is 8.10. The smallest absolute Gasteiger partial charge is 0.331 e. The van der Waals surface area contributed by atoms with Crippen LogP contribution < -0.4 is 5.32 Å². The summed E-state index contributed by atoms with van der Waals surface area (Å²) in [6.45, 7) is 4.61. The number of amides is 1. The second-order valence-electron chi connectivity index (χ2n) is 5.05. The number of ketones is 1. The lowest BCUT2D eigenvalue weighted by atomic mass is 9.98. The fourth-order valence-electron chi connectivity index (χ4n) is 1.58. The lowest BCUT2D eigenvalue weighted by molar-refractivity contribution is -0.146. The summed E-state index contributed by atoms with van der Waals surface area (Å²) >= 11 is 0. The molecule has 0 aromatic rings. The largest absolute Gasteiger partial charge is 0.466 e. The number of carbonyl (C=O) groups is 4. The van der Waals surface area contributed by atoms with Gasteiger partial charge in [0.25, 0.3) is 5.91 Å². The van der Waals surface area contributed by atoms with E-state index >= 15 is 0 Å². The van der Waals surface area contributed by atoms with Gasteiger partial charge in [0.15, 0.2) is 11.9 Å². The summed E-state index contributed by atoms with van der Waals surface area (Å²) in [5.74, 6) is -2.75. The van der Waals surface area contributed by atoms with Gasteiger partial charge in [0, 0.05) is 18.6 Å². The number of rotatable bonds is 9. The second kappa shape index (κ2) is 10.5. The summed E-state index contributed by atoms with van der Waals surface area (Å²) in [6, 6.07) is -0.711. The molecule has 0 aliphatic carbocycles. The molecule has 0 aromatic carbocycles. The molecule has 0 bridgehead atoms. The predicted octanol–water partition coefficient (Wildman–Crippen LogP) is -0.260. The van der Waals surface area contributed by atoms with E-state index in [1.165, 1.54) is 0 Å². The van der Waals surface area contributed by atoms with Crippen molar-refractivity contribution in [1.29, 1.82) is 0 Å². The van der Waals surface area contributed by atoms with Crippen LogP contribution in [0.1, 0.15) is 27.2 Å². The van der Waals surface area contributed by atoms with E-state index in [0.29, 0.717) is 0 Å². The first-order valence-electron chi connectivity index (χ1n) is 7.16. The molecule has 0 fully saturated rings. The van der Waals surface area contributed by atoms with E-state index in [9.17, 15) is 24.3 Å². The Morgan fingerprint density at radius 3 is 2.17 bits per heavy atom. The zero-order valence-electron chi connectivity index (χ0n) is 13.7. The molecular formula is C15H23NO7. The van der Waals surface area contributed by atoms with Crippen LogP contribution in [0.25, 0.3) is 0 Å². The molecule has 8 heteroatoms. The van der Waals surface area contributed by atoms with Gasteiger partial charge in [-0.2, -0.15) is 0 Å². The third-order valence-electron chi connectivity index (χ3n) is 2.90. The maximum Gasteiger partial charge on any atom is 0.331 e. The highest BCUT2D eigenvalue weighted by Crippen LogP contribution is 2.05. The van der Waals surface area contributed by atoms with E-state index < -0.39 is 36.6 Å². The maximum absolute atomic E-state index is 11.8. The van der Waals surface area contributed by atoms with Crippen molar-refractivity contribution in [2.75, 3.05) is 13.7 Å². The number of aliphatic hydroxyl groups is 1. The molecule has 0 aliphatic heterocycles. The number of esters is 2. The number of aliphatic hydroxyl groups excluding tert-OH is 1. The van der Waals surface area contributed by atoms with Gasteiger partial charge in [-0.3, -0.25) is 9.59 Å². The first kappa shape index (κ1) is 20.8. The second-order valence-corrected chi connectivity index (χ2v) is 5.05. The van der Waals surface area contributed by atoms with Gasteiger partial charge in [-0.25, -0.2) is 9.59 Å². The van der Waals surface area contributed by atoms with Crippen LogP contribution in [0, 0.1) is 5.92 Å². The first-order chi connectivity index (χ1) is 10.7. The number of hydrogen-bond acceptors (Lipinski definition) is 7. The average molecular weight is 329 g/mol. The molecule has 2 N–H and O–H groups in total. The predicted molar refractivity (Wildman–Crippen MR) is 80.2 cm³/mol. The Kier molecular flexibility index (Phi) is 9.48. The lowest BCUT2D eigenvalue weighted by Crippen LogP contribution is -2.49. The standard InChI is InChI=1S/C15H23NO7/c1-5-10(17)14(9(2)3)16-15(21)11(18)8-23-13(20)7-6-12(19)22-4/h6-7,9,11,14,18H,5,8H2,1-4H3,(H,16,21)/b7-6+/t11?,14-/m0/s1. The van der Waals surface area contributed by atoms with Gasteiger partial charge in [0.2, 0.25) is 0 Å². The Balaban J connectivity index is 4.44. The number of methoxy groups -OCH3 is 1. The van der Waals surface area contributed by atoms with Crippen LogP contribution in [0.5, 0.6) is 0 Å². The summed E-state index contributed by atoms with van der Waals surface area (Å²) < 4.78 is 8.90. The highest BCUT2D eigenvalue weighted by molar-refractivity contribution is 5.92. The summed E-state index contributed by atoms with van der Waals surface area (Å²) in [6.07, 6.45) is 0.306. The molecule has 0 spiro atoms. The summed E-state index contributed by atoms with van der Waals surface area (Å²) in [7, 11) is 1.15. The van der Waals surface area contributed by atoms with Gasteiger partial charge < -0.3 is 19.9 Å². The molecule has 23 heavy (non-hydrogen) atoms. The van der Waals surface area contributed by atoms with Crippen molar-refractivity contribution in [3.63, 3.8) is 0 Å². The van der Waals surface area contributed by atoms with Crippen LogP contribution in [-0.4, -0.2) is 54.6 Å². The highest BCUT2D eigenvalue weighted by Gasteiger charge is 2.26. The summed E-state index contributed by atoms with van der Waals surface area (Å²) in [4.78, 5) is 45.6. The molecule has 1 amide bonds. The minimum atomic E-state index is -1.61. The van der Waals surface area contributed by atoms with Gasteiger partial charge in [0.05, 0.1) is 13.2 Å². The molecule has 0 aromatic heterocycles. The van der Waals surface area contributed by atoms with E-state index in [1.807, 2.05) is 0 Å². The van der Waals surface area contributed by atoms with Crippen LogP contribution in [0.2, 0.25) is 0 Å². The van der Waals surface area contributed by atoms with Gasteiger partial charge in [-0.15, -0.1) is 0 Å². The van der Waals surface area contributed by atoms with Crippen molar-refractivity contribution < 1.29 is 33.8 Å². The first-order valence-corrected chi connectivity index (χ1v) is 7.16. The van der Waals surface area contributed by atoms with E-state index in [-0.39, 0.29) is 18.1 Å². The normalized spacial score (nSPS) is 13.5. The Hall–Kier alpha value is -2.22. The Morgan fingerprint density at radius 2 is 1.70 bits per heavy atom. The quantitative estimate of drug-likeness (QED) is 0.442.